The van der Waals surface area contributed by atoms with Gasteiger partial charge in [0.05, 0.1) is 18.8 Å². The first-order valence-electron chi connectivity index (χ1n) is 7.79. The van der Waals surface area contributed by atoms with E-state index in [4.69, 9.17) is 4.74 Å². The minimum Gasteiger partial charge on any atom is -0.374 e. The number of fused-ring (bicyclic) bond motifs is 1. The van der Waals surface area contributed by atoms with E-state index in [0.717, 1.165) is 32.7 Å². The van der Waals surface area contributed by atoms with Gasteiger partial charge >= 0.3 is 0 Å². The molecule has 3 rings (SSSR count). The molecule has 1 N–H and O–H groups in total. The Morgan fingerprint density at radius 2 is 2.33 bits per heavy atom. The summed E-state index contributed by atoms with van der Waals surface area (Å²) in [7, 11) is 2.18. The second-order valence-electron chi connectivity index (χ2n) is 5.79. The average molecular weight is 304 g/mol. The minimum atomic E-state index is 0.225. The molecule has 2 heterocycles. The molecular weight excluding hydrogens is 280 g/mol. The van der Waals surface area contributed by atoms with E-state index < -0.39 is 0 Å². The average Bonchev–Trinajstić information content (AvgIpc) is 2.97. The number of rotatable bonds is 5. The van der Waals surface area contributed by atoms with Crippen LogP contribution in [-0.2, 0) is 4.74 Å². The lowest BCUT2D eigenvalue weighted by Gasteiger charge is -2.36. The molecule has 3 nitrogen and oxygen atoms in total. The van der Waals surface area contributed by atoms with Crippen molar-refractivity contribution in [2.75, 3.05) is 33.3 Å². The Bertz CT molecular complexity index is 583. The summed E-state index contributed by atoms with van der Waals surface area (Å²) in [6, 6.07) is 9.09. The third-order valence-electron chi connectivity index (χ3n) is 4.13. The molecule has 0 spiro atoms. The first-order chi connectivity index (χ1) is 10.3. The van der Waals surface area contributed by atoms with Gasteiger partial charge in [0.2, 0.25) is 0 Å². The number of ether oxygens (including phenoxy) is 1. The molecular formula is C17H24N2OS. The third kappa shape index (κ3) is 3.29. The van der Waals surface area contributed by atoms with E-state index in [-0.39, 0.29) is 12.1 Å². The smallest absolute Gasteiger partial charge is 0.0897 e. The number of nitrogens with zero attached hydrogens (tertiary/aromatic N) is 1. The summed E-state index contributed by atoms with van der Waals surface area (Å²) in [5.41, 5.74) is 1.39. The molecule has 0 aliphatic carbocycles. The number of thiophene rings is 1. The molecule has 21 heavy (non-hydrogen) atoms. The lowest BCUT2D eigenvalue weighted by Crippen LogP contribution is -2.46. The van der Waals surface area contributed by atoms with Gasteiger partial charge in [0.15, 0.2) is 0 Å². The minimum absolute atomic E-state index is 0.225. The van der Waals surface area contributed by atoms with E-state index >= 15 is 0 Å². The SMILES string of the molecule is CCCNC(c1cccc2ccsc12)C1CN(C)CCO1. The summed E-state index contributed by atoms with van der Waals surface area (Å²) in [5, 5.41) is 7.23. The zero-order valence-corrected chi connectivity index (χ0v) is 13.7. The zero-order valence-electron chi connectivity index (χ0n) is 12.8. The first kappa shape index (κ1) is 15.0. The van der Waals surface area contributed by atoms with Crippen molar-refractivity contribution in [2.45, 2.75) is 25.5 Å². The van der Waals surface area contributed by atoms with E-state index in [0.29, 0.717) is 0 Å². The van der Waals surface area contributed by atoms with Crippen molar-refractivity contribution in [3.8, 4) is 0 Å². The van der Waals surface area contributed by atoms with Gasteiger partial charge in [0.1, 0.15) is 0 Å². The van der Waals surface area contributed by atoms with E-state index in [9.17, 15) is 0 Å². The van der Waals surface area contributed by atoms with Crippen LogP contribution in [0.2, 0.25) is 0 Å². The van der Waals surface area contributed by atoms with Gasteiger partial charge in [-0.15, -0.1) is 11.3 Å². The molecule has 1 aromatic heterocycles. The number of likely N-dealkylation sites (N-methyl/N-ethyl adjacent to an activating group) is 1. The lowest BCUT2D eigenvalue weighted by atomic mass is 9.98. The van der Waals surface area contributed by atoms with Crippen molar-refractivity contribution < 1.29 is 4.74 Å². The van der Waals surface area contributed by atoms with E-state index in [1.165, 1.54) is 15.6 Å². The van der Waals surface area contributed by atoms with Crippen molar-refractivity contribution in [3.63, 3.8) is 0 Å². The van der Waals surface area contributed by atoms with Crippen LogP contribution < -0.4 is 5.32 Å². The molecule has 1 saturated heterocycles. The summed E-state index contributed by atoms with van der Waals surface area (Å²) in [6.45, 7) is 6.08. The van der Waals surface area contributed by atoms with Gasteiger partial charge in [-0.2, -0.15) is 0 Å². The highest BCUT2D eigenvalue weighted by molar-refractivity contribution is 7.17. The molecule has 0 bridgehead atoms. The highest BCUT2D eigenvalue weighted by Crippen LogP contribution is 2.32. The molecule has 1 aliphatic rings. The lowest BCUT2D eigenvalue weighted by molar-refractivity contribution is -0.0389. The van der Waals surface area contributed by atoms with Crippen LogP contribution in [0.1, 0.15) is 24.9 Å². The maximum atomic E-state index is 6.09. The van der Waals surface area contributed by atoms with E-state index in [1.54, 1.807) is 0 Å². The quantitative estimate of drug-likeness (QED) is 0.917. The van der Waals surface area contributed by atoms with Crippen LogP contribution in [0.25, 0.3) is 10.1 Å². The maximum Gasteiger partial charge on any atom is 0.0897 e. The fraction of sp³-hybridized carbons (Fsp3) is 0.529. The van der Waals surface area contributed by atoms with Crippen LogP contribution in [0.4, 0.5) is 0 Å². The van der Waals surface area contributed by atoms with Crippen molar-refractivity contribution in [2.24, 2.45) is 0 Å². The zero-order chi connectivity index (χ0) is 14.7. The highest BCUT2D eigenvalue weighted by atomic mass is 32.1. The van der Waals surface area contributed by atoms with Crippen LogP contribution >= 0.6 is 11.3 Å². The van der Waals surface area contributed by atoms with Crippen LogP contribution in [-0.4, -0.2) is 44.3 Å². The van der Waals surface area contributed by atoms with E-state index in [2.05, 4.69) is 53.8 Å². The molecule has 0 radical (unpaired) electrons. The molecule has 0 amide bonds. The van der Waals surface area contributed by atoms with Crippen LogP contribution in [0.15, 0.2) is 29.6 Å². The Labute approximate surface area is 130 Å². The molecule has 2 unspecified atom stereocenters. The normalized spacial score (nSPS) is 21.7. The Kier molecular flexibility index (Phi) is 4.91. The summed E-state index contributed by atoms with van der Waals surface area (Å²) in [5.74, 6) is 0. The second-order valence-corrected chi connectivity index (χ2v) is 6.71. The van der Waals surface area contributed by atoms with Crippen molar-refractivity contribution in [1.29, 1.82) is 0 Å². The third-order valence-corrected chi connectivity index (χ3v) is 5.11. The molecule has 1 aliphatic heterocycles. The van der Waals surface area contributed by atoms with Crippen molar-refractivity contribution >= 4 is 21.4 Å². The fourth-order valence-electron chi connectivity index (χ4n) is 3.02. The van der Waals surface area contributed by atoms with Gasteiger partial charge in [-0.1, -0.05) is 25.1 Å². The van der Waals surface area contributed by atoms with Gasteiger partial charge in [0, 0.05) is 17.8 Å². The summed E-state index contributed by atoms with van der Waals surface area (Å²) < 4.78 is 7.48. The molecule has 2 aromatic rings. The molecule has 4 heteroatoms. The highest BCUT2D eigenvalue weighted by Gasteiger charge is 2.28. The second kappa shape index (κ2) is 6.88. The van der Waals surface area contributed by atoms with Gasteiger partial charge in [-0.3, -0.25) is 0 Å². The number of benzene rings is 1. The van der Waals surface area contributed by atoms with Crippen molar-refractivity contribution in [3.05, 3.63) is 35.2 Å². The Morgan fingerprint density at radius 1 is 1.43 bits per heavy atom. The topological polar surface area (TPSA) is 24.5 Å². The Hall–Kier alpha value is -0.940. The number of hydrogen-bond acceptors (Lipinski definition) is 4. The predicted molar refractivity (Wildman–Crippen MR) is 90.1 cm³/mol. The van der Waals surface area contributed by atoms with E-state index in [1.807, 2.05) is 11.3 Å². The number of morpholine rings is 1. The summed E-state index contributed by atoms with van der Waals surface area (Å²) >= 11 is 1.83. The van der Waals surface area contributed by atoms with Crippen molar-refractivity contribution in [1.82, 2.24) is 10.2 Å². The molecule has 2 atom stereocenters. The largest absolute Gasteiger partial charge is 0.374 e. The number of hydrogen-bond donors (Lipinski definition) is 1. The molecule has 1 aromatic carbocycles. The fourth-order valence-corrected chi connectivity index (χ4v) is 3.97. The Balaban J connectivity index is 1.92. The Morgan fingerprint density at radius 3 is 3.14 bits per heavy atom. The molecule has 1 fully saturated rings. The molecule has 0 saturated carbocycles. The monoisotopic (exact) mass is 304 g/mol. The summed E-state index contributed by atoms with van der Waals surface area (Å²) in [6.07, 6.45) is 1.36. The predicted octanol–water partition coefficient (Wildman–Crippen LogP) is 3.27. The van der Waals surface area contributed by atoms with Crippen LogP contribution in [0.5, 0.6) is 0 Å². The maximum absolute atomic E-state index is 6.09. The number of nitrogens with one attached hydrogen (secondary N) is 1. The van der Waals surface area contributed by atoms with Gasteiger partial charge in [0.25, 0.3) is 0 Å². The summed E-state index contributed by atoms with van der Waals surface area (Å²) in [4.78, 5) is 2.36. The van der Waals surface area contributed by atoms with Gasteiger partial charge in [-0.25, -0.2) is 0 Å². The van der Waals surface area contributed by atoms with Crippen LogP contribution in [0.3, 0.4) is 0 Å². The van der Waals surface area contributed by atoms with Gasteiger partial charge < -0.3 is 15.0 Å². The standard InChI is InChI=1S/C17H24N2OS/c1-3-8-18-16(15-12-19(2)9-10-20-15)14-6-4-5-13-7-11-21-17(13)14/h4-7,11,15-16,18H,3,8-10,12H2,1-2H3. The first-order valence-corrected chi connectivity index (χ1v) is 8.67. The van der Waals surface area contributed by atoms with Gasteiger partial charge in [-0.05, 0) is 42.4 Å². The van der Waals surface area contributed by atoms with Crippen LogP contribution in [0, 0.1) is 0 Å². The molecule has 114 valence electrons.